The minimum Gasteiger partial charge on any atom is -0.354 e. The molecule has 1 aliphatic rings. The average molecular weight is 460 g/mol. The molecule has 0 atom stereocenters. The quantitative estimate of drug-likeness (QED) is 0.628. The van der Waals surface area contributed by atoms with Gasteiger partial charge in [-0.1, -0.05) is 17.7 Å². The van der Waals surface area contributed by atoms with Gasteiger partial charge in [0.2, 0.25) is 16.0 Å². The molecule has 4 rings (SSSR count). The van der Waals surface area contributed by atoms with Crippen molar-refractivity contribution in [1.29, 1.82) is 0 Å². The Morgan fingerprint density at radius 1 is 0.906 bits per heavy atom. The lowest BCUT2D eigenvalue weighted by Crippen LogP contribution is -2.49. The summed E-state index contributed by atoms with van der Waals surface area (Å²) in [6, 6.07) is 12.1. The van der Waals surface area contributed by atoms with Crippen LogP contribution in [0.2, 0.25) is 0 Å². The molecule has 2 heterocycles. The van der Waals surface area contributed by atoms with Crippen LogP contribution < -0.4 is 10.2 Å². The summed E-state index contributed by atoms with van der Waals surface area (Å²) < 4.78 is 54.3. The molecule has 10 heteroatoms. The number of rotatable bonds is 5. The monoisotopic (exact) mass is 459 g/mol. The Labute approximate surface area is 185 Å². The van der Waals surface area contributed by atoms with Gasteiger partial charge in [-0.3, -0.25) is 0 Å². The van der Waals surface area contributed by atoms with Crippen molar-refractivity contribution in [3.05, 3.63) is 71.4 Å². The molecule has 0 unspecified atom stereocenters. The normalized spacial score (nSPS) is 15.1. The molecule has 0 amide bonds. The maximum absolute atomic E-state index is 14.0. The van der Waals surface area contributed by atoms with Gasteiger partial charge in [-0.15, -0.1) is 0 Å². The first kappa shape index (κ1) is 22.1. The third-order valence-corrected chi connectivity index (χ3v) is 7.14. The lowest BCUT2D eigenvalue weighted by Gasteiger charge is -2.34. The third-order valence-electron chi connectivity index (χ3n) is 5.22. The van der Waals surface area contributed by atoms with Crippen LogP contribution in [-0.2, 0) is 10.0 Å². The number of hydrogen-bond acceptors (Lipinski definition) is 6. The lowest BCUT2D eigenvalue weighted by molar-refractivity contribution is 0.381. The van der Waals surface area contributed by atoms with Crippen LogP contribution in [0.5, 0.6) is 0 Å². The van der Waals surface area contributed by atoms with Gasteiger partial charge >= 0.3 is 0 Å². The highest BCUT2D eigenvalue weighted by Gasteiger charge is 2.31. The Hall–Kier alpha value is -3.11. The number of sulfonamides is 1. The van der Waals surface area contributed by atoms with E-state index in [1.807, 2.05) is 49.1 Å². The summed E-state index contributed by atoms with van der Waals surface area (Å²) in [4.78, 5) is 10.3. The Morgan fingerprint density at radius 3 is 2.28 bits per heavy atom. The fourth-order valence-corrected chi connectivity index (χ4v) is 5.01. The van der Waals surface area contributed by atoms with Crippen molar-refractivity contribution in [3.8, 4) is 0 Å². The summed E-state index contributed by atoms with van der Waals surface area (Å²) >= 11 is 0. The SMILES string of the molecule is Cc1ccc(Nc2nc(C)cc(N3CCN(S(=O)(=O)c4cc(F)ccc4F)CC3)n2)cc1. The molecule has 7 nitrogen and oxygen atoms in total. The maximum Gasteiger partial charge on any atom is 0.246 e. The highest BCUT2D eigenvalue weighted by atomic mass is 32.2. The van der Waals surface area contributed by atoms with Gasteiger partial charge in [0, 0.05) is 43.6 Å². The molecule has 0 aliphatic carbocycles. The van der Waals surface area contributed by atoms with Crippen molar-refractivity contribution in [2.24, 2.45) is 0 Å². The first-order valence-corrected chi connectivity index (χ1v) is 11.6. The summed E-state index contributed by atoms with van der Waals surface area (Å²) in [5, 5.41) is 3.19. The fraction of sp³-hybridized carbons (Fsp3) is 0.273. The summed E-state index contributed by atoms with van der Waals surface area (Å²) in [5.74, 6) is -0.650. The predicted octanol–water partition coefficient (Wildman–Crippen LogP) is 3.63. The van der Waals surface area contributed by atoms with Crippen LogP contribution in [0, 0.1) is 25.5 Å². The van der Waals surface area contributed by atoms with Gasteiger partial charge in [0.05, 0.1) is 0 Å². The van der Waals surface area contributed by atoms with Gasteiger partial charge in [0.1, 0.15) is 22.3 Å². The number of nitrogens with one attached hydrogen (secondary N) is 1. The van der Waals surface area contributed by atoms with Gasteiger partial charge in [-0.25, -0.2) is 22.2 Å². The Balaban J connectivity index is 1.49. The second kappa shape index (κ2) is 8.79. The molecule has 32 heavy (non-hydrogen) atoms. The lowest BCUT2D eigenvalue weighted by atomic mass is 10.2. The van der Waals surface area contributed by atoms with Crippen LogP contribution >= 0.6 is 0 Å². The van der Waals surface area contributed by atoms with Crippen LogP contribution in [0.25, 0.3) is 0 Å². The second-order valence-corrected chi connectivity index (χ2v) is 9.55. The number of aromatic nitrogens is 2. The standard InChI is InChI=1S/C22H23F2N5O2S/c1-15-3-6-18(7-4-15)26-22-25-16(2)13-21(27-22)28-9-11-29(12-10-28)32(30,31)20-14-17(23)5-8-19(20)24/h3-8,13-14H,9-12H2,1-2H3,(H,25,26,27). The van der Waals surface area contributed by atoms with Gasteiger partial charge < -0.3 is 10.2 Å². The largest absolute Gasteiger partial charge is 0.354 e. The molecular weight excluding hydrogens is 436 g/mol. The Bertz CT molecular complexity index is 1230. The van der Waals surface area contributed by atoms with Crippen molar-refractivity contribution >= 4 is 27.5 Å². The molecule has 0 bridgehead atoms. The Kier molecular flexibility index (Phi) is 6.07. The molecule has 0 saturated carbocycles. The zero-order valence-corrected chi connectivity index (χ0v) is 18.5. The minimum absolute atomic E-state index is 0.127. The molecule has 1 aromatic heterocycles. The van der Waals surface area contributed by atoms with E-state index in [0.717, 1.165) is 29.1 Å². The van der Waals surface area contributed by atoms with E-state index in [-0.39, 0.29) is 13.1 Å². The third kappa shape index (κ3) is 4.71. The van der Waals surface area contributed by atoms with Crippen molar-refractivity contribution in [2.45, 2.75) is 18.7 Å². The van der Waals surface area contributed by atoms with Crippen molar-refractivity contribution < 1.29 is 17.2 Å². The van der Waals surface area contributed by atoms with Crippen LogP contribution in [0.3, 0.4) is 0 Å². The number of hydrogen-bond donors (Lipinski definition) is 1. The molecule has 1 N–H and O–H groups in total. The van der Waals surface area contributed by atoms with E-state index in [4.69, 9.17) is 0 Å². The van der Waals surface area contributed by atoms with Crippen LogP contribution in [0.1, 0.15) is 11.3 Å². The molecule has 3 aromatic rings. The van der Waals surface area contributed by atoms with E-state index in [2.05, 4.69) is 15.3 Å². The van der Waals surface area contributed by atoms with E-state index in [0.29, 0.717) is 30.9 Å². The maximum atomic E-state index is 14.0. The van der Waals surface area contributed by atoms with E-state index in [1.165, 1.54) is 4.31 Å². The van der Waals surface area contributed by atoms with Gasteiger partial charge in [-0.2, -0.15) is 9.29 Å². The number of aryl methyl sites for hydroxylation is 2. The number of halogens is 2. The van der Waals surface area contributed by atoms with Crippen LogP contribution in [-0.4, -0.2) is 48.9 Å². The molecular formula is C22H23F2N5O2S. The van der Waals surface area contributed by atoms with E-state index < -0.39 is 26.6 Å². The first-order chi connectivity index (χ1) is 15.2. The zero-order valence-electron chi connectivity index (χ0n) is 17.7. The molecule has 1 fully saturated rings. The fourth-order valence-electron chi connectivity index (χ4n) is 3.51. The van der Waals surface area contributed by atoms with Gasteiger partial charge in [-0.05, 0) is 44.2 Å². The number of piperazine rings is 1. The number of nitrogens with zero attached hydrogens (tertiary/aromatic N) is 4. The number of benzene rings is 2. The molecule has 1 aliphatic heterocycles. The molecule has 1 saturated heterocycles. The van der Waals surface area contributed by atoms with Crippen LogP contribution in [0.4, 0.5) is 26.2 Å². The molecule has 2 aromatic carbocycles. The highest BCUT2D eigenvalue weighted by molar-refractivity contribution is 7.89. The molecule has 0 radical (unpaired) electrons. The summed E-state index contributed by atoms with van der Waals surface area (Å²) in [5.41, 5.74) is 2.77. The van der Waals surface area contributed by atoms with Crippen molar-refractivity contribution in [2.75, 3.05) is 36.4 Å². The summed E-state index contributed by atoms with van der Waals surface area (Å²) in [6.45, 7) is 4.84. The highest BCUT2D eigenvalue weighted by Crippen LogP contribution is 2.24. The van der Waals surface area contributed by atoms with Crippen molar-refractivity contribution in [3.63, 3.8) is 0 Å². The predicted molar refractivity (Wildman–Crippen MR) is 119 cm³/mol. The topological polar surface area (TPSA) is 78.4 Å². The second-order valence-electron chi connectivity index (χ2n) is 7.65. The number of anilines is 3. The van der Waals surface area contributed by atoms with E-state index in [1.54, 1.807) is 0 Å². The summed E-state index contributed by atoms with van der Waals surface area (Å²) in [7, 11) is -4.13. The Morgan fingerprint density at radius 2 is 1.59 bits per heavy atom. The zero-order chi connectivity index (χ0) is 22.9. The van der Waals surface area contributed by atoms with Gasteiger partial charge in [0.15, 0.2) is 0 Å². The molecule has 0 spiro atoms. The van der Waals surface area contributed by atoms with Crippen LogP contribution in [0.15, 0.2) is 53.4 Å². The van der Waals surface area contributed by atoms with Gasteiger partial charge in [0.25, 0.3) is 0 Å². The average Bonchev–Trinajstić information content (AvgIpc) is 2.76. The first-order valence-electron chi connectivity index (χ1n) is 10.1. The minimum atomic E-state index is -4.13. The van der Waals surface area contributed by atoms with E-state index >= 15 is 0 Å². The van der Waals surface area contributed by atoms with Crippen molar-refractivity contribution in [1.82, 2.24) is 14.3 Å². The smallest absolute Gasteiger partial charge is 0.246 e. The molecule has 168 valence electrons. The van der Waals surface area contributed by atoms with E-state index in [9.17, 15) is 17.2 Å². The summed E-state index contributed by atoms with van der Waals surface area (Å²) in [6.07, 6.45) is 0.